The van der Waals surface area contributed by atoms with Gasteiger partial charge in [0.25, 0.3) is 0 Å². The Hall–Kier alpha value is -1.22. The molecule has 0 radical (unpaired) electrons. The van der Waals surface area contributed by atoms with Crippen LogP contribution in [0.25, 0.3) is 0 Å². The van der Waals surface area contributed by atoms with E-state index in [1.54, 1.807) is 7.11 Å². The molecule has 1 aromatic carbocycles. The molecule has 0 bridgehead atoms. The van der Waals surface area contributed by atoms with E-state index < -0.39 is 0 Å². The summed E-state index contributed by atoms with van der Waals surface area (Å²) in [6.07, 6.45) is 5.54. The Bertz CT molecular complexity index is 386. The van der Waals surface area contributed by atoms with E-state index in [0.29, 0.717) is 6.61 Å². The normalized spacial score (nSPS) is 22.5. The average molecular weight is 277 g/mol. The summed E-state index contributed by atoms with van der Waals surface area (Å²) in [5.74, 6) is 3.41. The predicted molar refractivity (Wildman–Crippen MR) is 82.5 cm³/mol. The molecule has 1 aromatic rings. The molecule has 1 N–H and O–H groups in total. The Balaban J connectivity index is 1.59. The molecule has 1 aliphatic rings. The van der Waals surface area contributed by atoms with Gasteiger partial charge in [0.2, 0.25) is 0 Å². The first-order valence-corrected chi connectivity index (χ1v) is 7.76. The van der Waals surface area contributed by atoms with Gasteiger partial charge in [0.15, 0.2) is 11.5 Å². The molecule has 3 heteroatoms. The summed E-state index contributed by atoms with van der Waals surface area (Å²) < 4.78 is 11.0. The SMILES string of the molecule is COc1ccccc1OCCNCC1CCC(C)CC1. The summed E-state index contributed by atoms with van der Waals surface area (Å²) in [4.78, 5) is 0. The van der Waals surface area contributed by atoms with Crippen molar-refractivity contribution >= 4 is 0 Å². The van der Waals surface area contributed by atoms with Crippen molar-refractivity contribution in [3.63, 3.8) is 0 Å². The highest BCUT2D eigenvalue weighted by Crippen LogP contribution is 2.27. The summed E-state index contributed by atoms with van der Waals surface area (Å²) in [7, 11) is 1.67. The lowest BCUT2D eigenvalue weighted by atomic mass is 9.83. The minimum atomic E-state index is 0.684. The molecule has 0 aromatic heterocycles. The lowest BCUT2D eigenvalue weighted by Gasteiger charge is -2.26. The number of methoxy groups -OCH3 is 1. The van der Waals surface area contributed by atoms with Crippen LogP contribution >= 0.6 is 0 Å². The van der Waals surface area contributed by atoms with Crippen molar-refractivity contribution in [3.8, 4) is 11.5 Å². The van der Waals surface area contributed by atoms with Gasteiger partial charge in [-0.05, 0) is 43.4 Å². The van der Waals surface area contributed by atoms with Crippen LogP contribution in [0.5, 0.6) is 11.5 Å². The molecule has 0 unspecified atom stereocenters. The van der Waals surface area contributed by atoms with Crippen molar-refractivity contribution in [1.29, 1.82) is 0 Å². The lowest BCUT2D eigenvalue weighted by Crippen LogP contribution is -2.29. The van der Waals surface area contributed by atoms with Gasteiger partial charge in [-0.25, -0.2) is 0 Å². The molecule has 1 aliphatic carbocycles. The molecule has 2 rings (SSSR count). The molecule has 0 amide bonds. The highest BCUT2D eigenvalue weighted by Gasteiger charge is 2.17. The van der Waals surface area contributed by atoms with E-state index in [1.807, 2.05) is 24.3 Å². The van der Waals surface area contributed by atoms with Crippen molar-refractivity contribution < 1.29 is 9.47 Å². The average Bonchev–Trinajstić information content (AvgIpc) is 2.49. The molecular weight excluding hydrogens is 250 g/mol. The van der Waals surface area contributed by atoms with E-state index in [0.717, 1.165) is 36.4 Å². The minimum absolute atomic E-state index is 0.684. The van der Waals surface area contributed by atoms with Gasteiger partial charge in [-0.1, -0.05) is 31.9 Å². The van der Waals surface area contributed by atoms with Crippen molar-refractivity contribution in [2.75, 3.05) is 26.8 Å². The quantitative estimate of drug-likeness (QED) is 0.774. The number of ether oxygens (including phenoxy) is 2. The molecule has 20 heavy (non-hydrogen) atoms. The van der Waals surface area contributed by atoms with Crippen molar-refractivity contribution in [3.05, 3.63) is 24.3 Å². The third kappa shape index (κ3) is 4.71. The highest BCUT2D eigenvalue weighted by molar-refractivity contribution is 5.39. The molecule has 0 saturated heterocycles. The zero-order chi connectivity index (χ0) is 14.2. The highest BCUT2D eigenvalue weighted by atomic mass is 16.5. The smallest absolute Gasteiger partial charge is 0.161 e. The van der Waals surface area contributed by atoms with E-state index in [-0.39, 0.29) is 0 Å². The summed E-state index contributed by atoms with van der Waals surface area (Å²) in [5.41, 5.74) is 0. The number of hydrogen-bond donors (Lipinski definition) is 1. The van der Waals surface area contributed by atoms with Crippen molar-refractivity contribution in [2.24, 2.45) is 11.8 Å². The third-order valence-corrected chi connectivity index (χ3v) is 4.17. The summed E-state index contributed by atoms with van der Waals surface area (Å²) in [6, 6.07) is 7.79. The molecule has 0 atom stereocenters. The van der Waals surface area contributed by atoms with E-state index in [4.69, 9.17) is 9.47 Å². The first-order chi connectivity index (χ1) is 9.79. The second-order valence-corrected chi connectivity index (χ2v) is 5.83. The van der Waals surface area contributed by atoms with E-state index in [2.05, 4.69) is 12.2 Å². The first kappa shape index (κ1) is 15.2. The summed E-state index contributed by atoms with van der Waals surface area (Å²) in [6.45, 7) is 5.07. The van der Waals surface area contributed by atoms with E-state index >= 15 is 0 Å². The Labute approximate surface area is 122 Å². The Kier molecular flexibility index (Phi) is 6.19. The second-order valence-electron chi connectivity index (χ2n) is 5.83. The van der Waals surface area contributed by atoms with Gasteiger partial charge >= 0.3 is 0 Å². The fourth-order valence-corrected chi connectivity index (χ4v) is 2.81. The molecule has 0 heterocycles. The molecule has 1 saturated carbocycles. The summed E-state index contributed by atoms with van der Waals surface area (Å²) >= 11 is 0. The predicted octanol–water partition coefficient (Wildman–Crippen LogP) is 3.49. The molecule has 0 aliphatic heterocycles. The monoisotopic (exact) mass is 277 g/mol. The number of para-hydroxylation sites is 2. The zero-order valence-corrected chi connectivity index (χ0v) is 12.7. The Morgan fingerprint density at radius 3 is 2.50 bits per heavy atom. The zero-order valence-electron chi connectivity index (χ0n) is 12.7. The van der Waals surface area contributed by atoms with Gasteiger partial charge < -0.3 is 14.8 Å². The van der Waals surface area contributed by atoms with Crippen LogP contribution in [0.2, 0.25) is 0 Å². The first-order valence-electron chi connectivity index (χ1n) is 7.76. The topological polar surface area (TPSA) is 30.5 Å². The van der Waals surface area contributed by atoms with E-state index in [1.165, 1.54) is 25.7 Å². The maximum Gasteiger partial charge on any atom is 0.161 e. The number of nitrogens with one attached hydrogen (secondary N) is 1. The largest absolute Gasteiger partial charge is 0.493 e. The van der Waals surface area contributed by atoms with Crippen molar-refractivity contribution in [2.45, 2.75) is 32.6 Å². The maximum absolute atomic E-state index is 5.75. The minimum Gasteiger partial charge on any atom is -0.493 e. The molecule has 1 fully saturated rings. The van der Waals surface area contributed by atoms with Gasteiger partial charge in [0.05, 0.1) is 7.11 Å². The van der Waals surface area contributed by atoms with Crippen LogP contribution in [-0.4, -0.2) is 26.8 Å². The van der Waals surface area contributed by atoms with Crippen LogP contribution in [0.1, 0.15) is 32.6 Å². The summed E-state index contributed by atoms with van der Waals surface area (Å²) in [5, 5.41) is 3.51. The van der Waals surface area contributed by atoms with Gasteiger partial charge in [-0.3, -0.25) is 0 Å². The van der Waals surface area contributed by atoms with Gasteiger partial charge in [0, 0.05) is 6.54 Å². The van der Waals surface area contributed by atoms with E-state index in [9.17, 15) is 0 Å². The Morgan fingerprint density at radius 1 is 1.10 bits per heavy atom. The van der Waals surface area contributed by atoms with Gasteiger partial charge in [0.1, 0.15) is 6.61 Å². The fourth-order valence-electron chi connectivity index (χ4n) is 2.81. The van der Waals surface area contributed by atoms with Crippen LogP contribution in [0.15, 0.2) is 24.3 Å². The van der Waals surface area contributed by atoms with Crippen LogP contribution in [-0.2, 0) is 0 Å². The number of hydrogen-bond acceptors (Lipinski definition) is 3. The van der Waals surface area contributed by atoms with Gasteiger partial charge in [-0.15, -0.1) is 0 Å². The van der Waals surface area contributed by atoms with Crippen LogP contribution in [0.4, 0.5) is 0 Å². The van der Waals surface area contributed by atoms with Gasteiger partial charge in [-0.2, -0.15) is 0 Å². The molecule has 112 valence electrons. The number of rotatable bonds is 7. The number of benzene rings is 1. The third-order valence-electron chi connectivity index (χ3n) is 4.17. The second kappa shape index (κ2) is 8.15. The van der Waals surface area contributed by atoms with Crippen LogP contribution in [0, 0.1) is 11.8 Å². The van der Waals surface area contributed by atoms with Crippen LogP contribution < -0.4 is 14.8 Å². The van der Waals surface area contributed by atoms with Crippen molar-refractivity contribution in [1.82, 2.24) is 5.32 Å². The standard InChI is InChI=1S/C17H27NO2/c1-14-7-9-15(10-8-14)13-18-11-12-20-17-6-4-3-5-16(17)19-2/h3-6,14-15,18H,7-13H2,1-2H3. The maximum atomic E-state index is 5.75. The lowest BCUT2D eigenvalue weighted by molar-refractivity contribution is 0.263. The molecular formula is C17H27NO2. The molecule has 3 nitrogen and oxygen atoms in total. The Morgan fingerprint density at radius 2 is 1.80 bits per heavy atom. The van der Waals surface area contributed by atoms with Crippen LogP contribution in [0.3, 0.4) is 0 Å². The molecule has 0 spiro atoms. The fraction of sp³-hybridized carbons (Fsp3) is 0.647.